The molecule has 0 spiro atoms. The number of likely N-dealkylation sites (tertiary alicyclic amines) is 1. The summed E-state index contributed by atoms with van der Waals surface area (Å²) in [6.07, 6.45) is 0.850. The molecule has 3 rings (SSSR count). The van der Waals surface area contributed by atoms with Crippen LogP contribution in [0.3, 0.4) is 0 Å². The third-order valence-electron chi connectivity index (χ3n) is 5.25. The van der Waals surface area contributed by atoms with E-state index in [9.17, 15) is 14.7 Å². The number of rotatable bonds is 7. The van der Waals surface area contributed by atoms with E-state index in [1.54, 1.807) is 0 Å². The van der Waals surface area contributed by atoms with Gasteiger partial charge in [0.2, 0.25) is 0 Å². The summed E-state index contributed by atoms with van der Waals surface area (Å²) in [5, 5.41) is 11.6. The molecule has 1 atom stereocenters. The van der Waals surface area contributed by atoms with Crippen molar-refractivity contribution in [3.8, 4) is 5.75 Å². The molecule has 1 heterocycles. The van der Waals surface area contributed by atoms with Gasteiger partial charge in [0, 0.05) is 18.7 Å². The van der Waals surface area contributed by atoms with E-state index in [1.807, 2.05) is 31.2 Å². The van der Waals surface area contributed by atoms with E-state index < -0.39 is 23.5 Å². The fraction of sp³-hybridized carbons (Fsp3) is 0.304. The van der Waals surface area contributed by atoms with E-state index in [0.717, 1.165) is 12.0 Å². The Labute approximate surface area is 191 Å². The molecule has 0 aromatic heterocycles. The third kappa shape index (κ3) is 4.42. The van der Waals surface area contributed by atoms with Crippen LogP contribution in [0.15, 0.2) is 42.0 Å². The molecular weight excluding hydrogens is 441 g/mol. The van der Waals surface area contributed by atoms with Crippen molar-refractivity contribution in [3.63, 3.8) is 0 Å². The molecule has 0 bridgehead atoms. The average Bonchev–Trinajstić information content (AvgIpc) is 3.01. The van der Waals surface area contributed by atoms with E-state index in [0.29, 0.717) is 5.56 Å². The van der Waals surface area contributed by atoms with Gasteiger partial charge in [0.1, 0.15) is 11.5 Å². The number of Topliss-reactive ketones (excluding diaryl/α,β-unsaturated/α-hetero) is 1. The highest BCUT2D eigenvalue weighted by molar-refractivity contribution is 6.46. The van der Waals surface area contributed by atoms with Gasteiger partial charge in [-0.05, 0) is 29.7 Å². The van der Waals surface area contributed by atoms with Crippen molar-refractivity contribution in [2.45, 2.75) is 19.4 Å². The van der Waals surface area contributed by atoms with E-state index in [2.05, 4.69) is 0 Å². The summed E-state index contributed by atoms with van der Waals surface area (Å²) in [7, 11) is 2.91. The molecule has 1 N–H and O–H groups in total. The summed E-state index contributed by atoms with van der Waals surface area (Å²) < 4.78 is 10.4. The van der Waals surface area contributed by atoms with Gasteiger partial charge in [-0.3, -0.25) is 9.59 Å². The number of aliphatic hydroxyl groups is 1. The van der Waals surface area contributed by atoms with Gasteiger partial charge in [-0.1, -0.05) is 54.4 Å². The van der Waals surface area contributed by atoms with E-state index in [1.165, 1.54) is 31.3 Å². The normalized spacial score (nSPS) is 18.0. The zero-order valence-electron chi connectivity index (χ0n) is 17.4. The molecule has 31 heavy (non-hydrogen) atoms. The number of amides is 1. The summed E-state index contributed by atoms with van der Waals surface area (Å²) in [4.78, 5) is 27.3. The molecule has 1 aliphatic heterocycles. The van der Waals surface area contributed by atoms with Gasteiger partial charge in [0.15, 0.2) is 0 Å². The Morgan fingerprint density at radius 3 is 2.39 bits per heavy atom. The van der Waals surface area contributed by atoms with Gasteiger partial charge in [-0.15, -0.1) is 0 Å². The molecule has 1 aliphatic rings. The lowest BCUT2D eigenvalue weighted by Crippen LogP contribution is -2.32. The smallest absolute Gasteiger partial charge is 0.295 e. The first-order chi connectivity index (χ1) is 14.8. The zero-order chi connectivity index (χ0) is 22.7. The second-order valence-corrected chi connectivity index (χ2v) is 7.89. The van der Waals surface area contributed by atoms with Gasteiger partial charge in [-0.2, -0.15) is 0 Å². The lowest BCUT2D eigenvalue weighted by molar-refractivity contribution is -0.140. The van der Waals surface area contributed by atoms with Crippen molar-refractivity contribution >= 4 is 40.7 Å². The summed E-state index contributed by atoms with van der Waals surface area (Å²) >= 11 is 12.3. The molecular formula is C23H23Cl2NO5. The van der Waals surface area contributed by atoms with E-state index in [-0.39, 0.29) is 40.1 Å². The second kappa shape index (κ2) is 9.73. The number of hydrogen-bond donors (Lipinski definition) is 1. The van der Waals surface area contributed by atoms with Gasteiger partial charge < -0.3 is 19.5 Å². The molecule has 0 aliphatic carbocycles. The van der Waals surface area contributed by atoms with Crippen LogP contribution in [0.5, 0.6) is 5.75 Å². The Bertz CT molecular complexity index is 1030. The number of ether oxygens (including phenoxy) is 2. The predicted octanol–water partition coefficient (Wildman–Crippen LogP) is 4.63. The number of aliphatic hydroxyl groups excluding tert-OH is 1. The molecule has 1 saturated heterocycles. The Hall–Kier alpha value is -2.54. The second-order valence-electron chi connectivity index (χ2n) is 7.05. The zero-order valence-corrected chi connectivity index (χ0v) is 19.0. The summed E-state index contributed by atoms with van der Waals surface area (Å²) in [6, 6.07) is 9.70. The van der Waals surface area contributed by atoms with Crippen LogP contribution < -0.4 is 4.74 Å². The minimum Gasteiger partial charge on any atom is -0.507 e. The van der Waals surface area contributed by atoms with Crippen LogP contribution in [0.25, 0.3) is 5.76 Å². The third-order valence-corrected chi connectivity index (χ3v) is 5.75. The molecule has 2 aromatic rings. The maximum absolute atomic E-state index is 13.0. The summed E-state index contributed by atoms with van der Waals surface area (Å²) in [5.41, 5.74) is 1.89. The van der Waals surface area contributed by atoms with Gasteiger partial charge in [0.25, 0.3) is 11.7 Å². The standard InChI is InChI=1S/C23H23Cl2NO5/c1-4-13-5-7-14(8-6-13)19-18(21(28)23(29)26(19)9-10-30-2)20(27)16-11-15(24)12-17(25)22(16)31-3/h5-8,11-12,19,27H,4,9-10H2,1-3H3/b20-18+. The first-order valence-corrected chi connectivity index (χ1v) is 10.5. The molecule has 1 amide bonds. The van der Waals surface area contributed by atoms with Crippen LogP contribution >= 0.6 is 23.2 Å². The lowest BCUT2D eigenvalue weighted by atomic mass is 9.94. The summed E-state index contributed by atoms with van der Waals surface area (Å²) in [5.74, 6) is -1.75. The minimum absolute atomic E-state index is 0.0537. The van der Waals surface area contributed by atoms with Crippen LogP contribution in [0.2, 0.25) is 10.0 Å². The van der Waals surface area contributed by atoms with Crippen molar-refractivity contribution in [3.05, 3.63) is 68.7 Å². The Morgan fingerprint density at radius 2 is 1.81 bits per heavy atom. The van der Waals surface area contributed by atoms with Crippen LogP contribution in [0, 0.1) is 0 Å². The van der Waals surface area contributed by atoms with Crippen molar-refractivity contribution in [1.82, 2.24) is 4.90 Å². The molecule has 164 valence electrons. The van der Waals surface area contributed by atoms with Gasteiger partial charge in [0.05, 0.1) is 35.9 Å². The van der Waals surface area contributed by atoms with Crippen LogP contribution in [-0.4, -0.2) is 49.1 Å². The van der Waals surface area contributed by atoms with Crippen LogP contribution in [-0.2, 0) is 20.7 Å². The fourth-order valence-corrected chi connectivity index (χ4v) is 4.24. The van der Waals surface area contributed by atoms with Crippen LogP contribution in [0.4, 0.5) is 0 Å². The number of carbonyl (C=O) groups excluding carboxylic acids is 2. The molecule has 8 heteroatoms. The minimum atomic E-state index is -0.795. The highest BCUT2D eigenvalue weighted by Crippen LogP contribution is 2.43. The quantitative estimate of drug-likeness (QED) is 0.367. The molecule has 2 aromatic carbocycles. The van der Waals surface area contributed by atoms with Crippen molar-refractivity contribution in [1.29, 1.82) is 0 Å². The number of methoxy groups -OCH3 is 2. The summed E-state index contributed by atoms with van der Waals surface area (Å²) in [6.45, 7) is 2.46. The topological polar surface area (TPSA) is 76.1 Å². The highest BCUT2D eigenvalue weighted by Gasteiger charge is 2.46. The molecule has 1 fully saturated rings. The number of halogens is 2. The first kappa shape index (κ1) is 23.1. The number of benzene rings is 2. The van der Waals surface area contributed by atoms with E-state index >= 15 is 0 Å². The SMILES string of the molecule is CCc1ccc(C2/C(=C(\O)c3cc(Cl)cc(Cl)c3OC)C(=O)C(=O)N2CCOC)cc1. The Kier molecular flexibility index (Phi) is 7.26. The fourth-order valence-electron chi connectivity index (χ4n) is 3.67. The van der Waals surface area contributed by atoms with Crippen molar-refractivity contribution in [2.75, 3.05) is 27.4 Å². The average molecular weight is 464 g/mol. The monoisotopic (exact) mass is 463 g/mol. The molecule has 1 unspecified atom stereocenters. The first-order valence-electron chi connectivity index (χ1n) is 9.73. The van der Waals surface area contributed by atoms with Crippen LogP contribution in [0.1, 0.15) is 29.7 Å². The van der Waals surface area contributed by atoms with Gasteiger partial charge in [-0.25, -0.2) is 0 Å². The maximum Gasteiger partial charge on any atom is 0.295 e. The number of carbonyl (C=O) groups is 2. The Morgan fingerprint density at radius 1 is 1.13 bits per heavy atom. The molecule has 6 nitrogen and oxygen atoms in total. The number of aryl methyl sites for hydroxylation is 1. The lowest BCUT2D eigenvalue weighted by Gasteiger charge is -2.25. The highest BCUT2D eigenvalue weighted by atomic mass is 35.5. The van der Waals surface area contributed by atoms with Crippen molar-refractivity contribution in [2.24, 2.45) is 0 Å². The van der Waals surface area contributed by atoms with Crippen molar-refractivity contribution < 1.29 is 24.2 Å². The maximum atomic E-state index is 13.0. The number of hydrogen-bond acceptors (Lipinski definition) is 5. The number of nitrogens with zero attached hydrogens (tertiary/aromatic N) is 1. The van der Waals surface area contributed by atoms with E-state index in [4.69, 9.17) is 32.7 Å². The molecule has 0 radical (unpaired) electrons. The number of ketones is 1. The largest absolute Gasteiger partial charge is 0.507 e. The molecule has 0 saturated carbocycles. The Balaban J connectivity index is 2.24. The predicted molar refractivity (Wildman–Crippen MR) is 120 cm³/mol. The van der Waals surface area contributed by atoms with Gasteiger partial charge >= 0.3 is 0 Å².